The van der Waals surface area contributed by atoms with E-state index < -0.39 is 0 Å². The molecule has 0 saturated heterocycles. The van der Waals surface area contributed by atoms with E-state index in [9.17, 15) is 9.59 Å². The van der Waals surface area contributed by atoms with Gasteiger partial charge in [-0.15, -0.1) is 0 Å². The molecule has 116 valence electrons. The van der Waals surface area contributed by atoms with Gasteiger partial charge in [0.15, 0.2) is 5.76 Å². The van der Waals surface area contributed by atoms with E-state index in [-0.39, 0.29) is 30.5 Å². The van der Waals surface area contributed by atoms with Crippen molar-refractivity contribution in [1.82, 2.24) is 10.6 Å². The Morgan fingerprint density at radius 3 is 2.50 bits per heavy atom. The zero-order valence-electron chi connectivity index (χ0n) is 12.2. The molecule has 1 aromatic heterocycles. The Morgan fingerprint density at radius 2 is 1.82 bits per heavy atom. The highest BCUT2D eigenvalue weighted by Crippen LogP contribution is 2.05. The normalized spacial score (nSPS) is 10.2. The van der Waals surface area contributed by atoms with Crippen LogP contribution in [0.1, 0.15) is 22.5 Å². The second-order valence-electron chi connectivity index (χ2n) is 4.82. The number of carbonyl (C=O) groups is 2. The lowest BCUT2D eigenvalue weighted by molar-refractivity contribution is -0.120. The van der Waals surface area contributed by atoms with Gasteiger partial charge < -0.3 is 20.8 Å². The molecule has 0 bridgehead atoms. The maximum atomic E-state index is 11.6. The summed E-state index contributed by atoms with van der Waals surface area (Å²) in [5.74, 6) is -0.182. The average molecular weight is 301 g/mol. The Kier molecular flexibility index (Phi) is 5.59. The minimum absolute atomic E-state index is 0.102. The number of furan rings is 1. The van der Waals surface area contributed by atoms with E-state index >= 15 is 0 Å². The molecule has 1 heterocycles. The van der Waals surface area contributed by atoms with Crippen LogP contribution in [0.3, 0.4) is 0 Å². The molecular weight excluding hydrogens is 282 g/mol. The highest BCUT2D eigenvalue weighted by atomic mass is 16.3. The molecule has 0 radical (unpaired) electrons. The Balaban J connectivity index is 1.60. The summed E-state index contributed by atoms with van der Waals surface area (Å²) in [7, 11) is 0. The number of nitrogen functional groups attached to an aromatic ring is 1. The second-order valence-corrected chi connectivity index (χ2v) is 4.82. The second kappa shape index (κ2) is 7.87. The van der Waals surface area contributed by atoms with Crippen LogP contribution in [0.2, 0.25) is 0 Å². The lowest BCUT2D eigenvalue weighted by Gasteiger charge is -2.06. The largest absolute Gasteiger partial charge is 0.459 e. The fourth-order valence-electron chi connectivity index (χ4n) is 1.90. The van der Waals surface area contributed by atoms with Gasteiger partial charge in [0.25, 0.3) is 5.91 Å². The van der Waals surface area contributed by atoms with Gasteiger partial charge in [-0.25, -0.2) is 0 Å². The van der Waals surface area contributed by atoms with Crippen LogP contribution in [0.5, 0.6) is 0 Å². The molecule has 2 aromatic rings. The van der Waals surface area contributed by atoms with Gasteiger partial charge in [-0.05, 0) is 36.2 Å². The Hall–Kier alpha value is -2.76. The van der Waals surface area contributed by atoms with Crippen LogP contribution in [-0.2, 0) is 11.2 Å². The van der Waals surface area contributed by atoms with E-state index in [0.29, 0.717) is 6.54 Å². The molecule has 0 aliphatic heterocycles. The molecular formula is C16H19N3O3. The van der Waals surface area contributed by atoms with Gasteiger partial charge in [-0.2, -0.15) is 0 Å². The van der Waals surface area contributed by atoms with Crippen LogP contribution in [0.25, 0.3) is 0 Å². The number of rotatable bonds is 7. The first kappa shape index (κ1) is 15.6. The number of carbonyl (C=O) groups excluding carboxylic acids is 2. The summed E-state index contributed by atoms with van der Waals surface area (Å²) in [6.45, 7) is 0.822. The lowest BCUT2D eigenvalue weighted by Crippen LogP contribution is -2.31. The van der Waals surface area contributed by atoms with E-state index in [2.05, 4.69) is 10.6 Å². The number of hydrogen-bond donors (Lipinski definition) is 3. The summed E-state index contributed by atoms with van der Waals surface area (Å²) >= 11 is 0. The zero-order valence-corrected chi connectivity index (χ0v) is 12.2. The van der Waals surface area contributed by atoms with Gasteiger partial charge in [-0.3, -0.25) is 9.59 Å². The van der Waals surface area contributed by atoms with Crippen molar-refractivity contribution in [3.8, 4) is 0 Å². The highest BCUT2D eigenvalue weighted by Gasteiger charge is 2.08. The molecule has 0 spiro atoms. The van der Waals surface area contributed by atoms with Crippen molar-refractivity contribution in [3.05, 3.63) is 54.0 Å². The first-order valence-electron chi connectivity index (χ1n) is 7.08. The van der Waals surface area contributed by atoms with Crippen LogP contribution in [-0.4, -0.2) is 24.9 Å². The summed E-state index contributed by atoms with van der Waals surface area (Å²) < 4.78 is 4.95. The van der Waals surface area contributed by atoms with Crippen molar-refractivity contribution < 1.29 is 14.0 Å². The molecule has 0 aliphatic rings. The molecule has 6 heteroatoms. The van der Waals surface area contributed by atoms with Crippen molar-refractivity contribution in [2.75, 3.05) is 18.8 Å². The highest BCUT2D eigenvalue weighted by molar-refractivity contribution is 5.91. The molecule has 1 aromatic carbocycles. The molecule has 2 amide bonds. The maximum absolute atomic E-state index is 11.6. The molecule has 4 N–H and O–H groups in total. The summed E-state index contributed by atoms with van der Waals surface area (Å²) in [5, 5.41) is 5.43. The van der Waals surface area contributed by atoms with Crippen LogP contribution >= 0.6 is 0 Å². The van der Waals surface area contributed by atoms with E-state index in [1.807, 2.05) is 24.3 Å². The van der Waals surface area contributed by atoms with Crippen molar-refractivity contribution in [3.63, 3.8) is 0 Å². The predicted octanol–water partition coefficient (Wildman–Crippen LogP) is 1.34. The summed E-state index contributed by atoms with van der Waals surface area (Å²) in [6.07, 6.45) is 2.40. The zero-order chi connectivity index (χ0) is 15.8. The van der Waals surface area contributed by atoms with Crippen molar-refractivity contribution in [1.29, 1.82) is 0 Å². The summed E-state index contributed by atoms with van der Waals surface area (Å²) in [4.78, 5) is 23.2. The minimum atomic E-state index is -0.320. The van der Waals surface area contributed by atoms with E-state index in [1.54, 1.807) is 12.1 Å². The number of nitrogens with one attached hydrogen (secondary N) is 2. The van der Waals surface area contributed by atoms with E-state index in [1.165, 1.54) is 6.26 Å². The number of hydrogen-bond acceptors (Lipinski definition) is 4. The van der Waals surface area contributed by atoms with Crippen LogP contribution in [0, 0.1) is 0 Å². The Bertz CT molecular complexity index is 606. The monoisotopic (exact) mass is 301 g/mol. The van der Waals surface area contributed by atoms with Crippen LogP contribution < -0.4 is 16.4 Å². The third-order valence-electron chi connectivity index (χ3n) is 3.10. The maximum Gasteiger partial charge on any atom is 0.286 e. The van der Waals surface area contributed by atoms with E-state index in [0.717, 1.165) is 17.7 Å². The van der Waals surface area contributed by atoms with Crippen molar-refractivity contribution in [2.24, 2.45) is 0 Å². The number of benzene rings is 1. The third kappa shape index (κ3) is 4.97. The molecule has 22 heavy (non-hydrogen) atoms. The fourth-order valence-corrected chi connectivity index (χ4v) is 1.90. The summed E-state index contributed by atoms with van der Waals surface area (Å²) in [6, 6.07) is 10.7. The molecule has 0 unspecified atom stereocenters. The summed E-state index contributed by atoms with van der Waals surface area (Å²) in [5.41, 5.74) is 7.44. The molecule has 6 nitrogen and oxygen atoms in total. The van der Waals surface area contributed by atoms with Gasteiger partial charge in [0.1, 0.15) is 0 Å². The Morgan fingerprint density at radius 1 is 1.05 bits per heavy atom. The predicted molar refractivity (Wildman–Crippen MR) is 83.2 cm³/mol. The Labute approximate surface area is 128 Å². The molecule has 2 rings (SSSR count). The smallest absolute Gasteiger partial charge is 0.286 e. The topological polar surface area (TPSA) is 97.4 Å². The minimum Gasteiger partial charge on any atom is -0.459 e. The molecule has 0 saturated carbocycles. The number of amides is 2. The van der Waals surface area contributed by atoms with Gasteiger partial charge in [0, 0.05) is 25.2 Å². The van der Waals surface area contributed by atoms with Gasteiger partial charge in [-0.1, -0.05) is 12.1 Å². The molecule has 0 atom stereocenters. The molecule has 0 fully saturated rings. The van der Waals surface area contributed by atoms with E-state index in [4.69, 9.17) is 10.2 Å². The molecule has 0 aliphatic carbocycles. The van der Waals surface area contributed by atoms with Crippen LogP contribution in [0.4, 0.5) is 5.69 Å². The SMILES string of the molecule is Nc1ccc(CCNC(=O)CCNC(=O)c2ccco2)cc1. The lowest BCUT2D eigenvalue weighted by atomic mass is 10.1. The average Bonchev–Trinajstić information content (AvgIpc) is 3.03. The third-order valence-corrected chi connectivity index (χ3v) is 3.10. The number of nitrogens with two attached hydrogens (primary N) is 1. The first-order chi connectivity index (χ1) is 10.6. The van der Waals surface area contributed by atoms with Gasteiger partial charge >= 0.3 is 0 Å². The fraction of sp³-hybridized carbons (Fsp3) is 0.250. The standard InChI is InChI=1S/C16H19N3O3/c17-13-5-3-12(4-6-13)7-9-18-15(20)8-10-19-16(21)14-2-1-11-22-14/h1-6,11H,7-10,17H2,(H,18,20)(H,19,21). The van der Waals surface area contributed by atoms with Gasteiger partial charge in [0.2, 0.25) is 5.91 Å². The van der Waals surface area contributed by atoms with Crippen molar-refractivity contribution in [2.45, 2.75) is 12.8 Å². The first-order valence-corrected chi connectivity index (χ1v) is 7.08. The van der Waals surface area contributed by atoms with Crippen molar-refractivity contribution >= 4 is 17.5 Å². The van der Waals surface area contributed by atoms with Gasteiger partial charge in [0.05, 0.1) is 6.26 Å². The van der Waals surface area contributed by atoms with Crippen LogP contribution in [0.15, 0.2) is 47.1 Å². The quantitative estimate of drug-likeness (QED) is 0.672. The number of anilines is 1.